The third kappa shape index (κ3) is 6.00. The van der Waals surface area contributed by atoms with Gasteiger partial charge in [0.25, 0.3) is 5.91 Å². The third-order valence-corrected chi connectivity index (χ3v) is 8.84. The molecule has 0 radical (unpaired) electrons. The molecule has 1 aliphatic heterocycles. The molecule has 2 N–H and O–H groups in total. The van der Waals surface area contributed by atoms with E-state index in [0.29, 0.717) is 24.3 Å². The molecule has 176 valence electrons. The van der Waals surface area contributed by atoms with Crippen LogP contribution in [0, 0.1) is 19.3 Å². The molecular formula is C23H27N3O5S2. The van der Waals surface area contributed by atoms with E-state index in [1.807, 2.05) is 0 Å². The van der Waals surface area contributed by atoms with Gasteiger partial charge in [-0.25, -0.2) is 16.8 Å². The molecule has 2 aromatic carbocycles. The Morgan fingerprint density at radius 3 is 2.39 bits per heavy atom. The lowest BCUT2D eigenvalue weighted by molar-refractivity contribution is 0.102. The molecular weight excluding hydrogens is 462 g/mol. The van der Waals surface area contributed by atoms with Gasteiger partial charge in [0, 0.05) is 24.3 Å². The van der Waals surface area contributed by atoms with Crippen molar-refractivity contribution in [3.63, 3.8) is 0 Å². The second-order valence-electron chi connectivity index (χ2n) is 7.81. The van der Waals surface area contributed by atoms with Gasteiger partial charge in [-0.3, -0.25) is 4.79 Å². The maximum Gasteiger partial charge on any atom is 0.255 e. The van der Waals surface area contributed by atoms with Crippen LogP contribution in [-0.2, 0) is 20.0 Å². The molecule has 10 heteroatoms. The lowest BCUT2D eigenvalue weighted by Crippen LogP contribution is -2.32. The molecule has 8 nitrogen and oxygen atoms in total. The lowest BCUT2D eigenvalue weighted by atomic mass is 10.2. The molecule has 0 bridgehead atoms. The zero-order chi connectivity index (χ0) is 24.1. The lowest BCUT2D eigenvalue weighted by Gasteiger charge is -2.21. The van der Waals surface area contributed by atoms with E-state index in [2.05, 4.69) is 16.0 Å². The monoisotopic (exact) mass is 489 g/mol. The van der Waals surface area contributed by atoms with Gasteiger partial charge in [0.05, 0.1) is 16.3 Å². The Morgan fingerprint density at radius 1 is 1.03 bits per heavy atom. The minimum Gasteiger partial charge on any atom is -0.322 e. The van der Waals surface area contributed by atoms with Crippen molar-refractivity contribution in [2.45, 2.75) is 42.4 Å². The summed E-state index contributed by atoms with van der Waals surface area (Å²) in [6.07, 6.45) is 8.76. The minimum atomic E-state index is -3.86. The van der Waals surface area contributed by atoms with Crippen LogP contribution < -0.4 is 10.0 Å². The average Bonchev–Trinajstić information content (AvgIpc) is 3.09. The summed E-state index contributed by atoms with van der Waals surface area (Å²) in [5.41, 5.74) is 0.999. The van der Waals surface area contributed by atoms with Crippen LogP contribution >= 0.6 is 0 Å². The van der Waals surface area contributed by atoms with Gasteiger partial charge < -0.3 is 5.32 Å². The first-order chi connectivity index (χ1) is 15.6. The van der Waals surface area contributed by atoms with Gasteiger partial charge in [-0.15, -0.1) is 6.42 Å². The number of nitrogens with zero attached hydrogens (tertiary/aromatic N) is 1. The maximum absolute atomic E-state index is 13.2. The van der Waals surface area contributed by atoms with Gasteiger partial charge in [0.15, 0.2) is 0 Å². The molecule has 0 aromatic heterocycles. The predicted octanol–water partition coefficient (Wildman–Crippen LogP) is 2.72. The fourth-order valence-electron chi connectivity index (χ4n) is 3.60. The van der Waals surface area contributed by atoms with Crippen molar-refractivity contribution in [3.05, 3.63) is 53.6 Å². The van der Waals surface area contributed by atoms with Crippen LogP contribution in [0.25, 0.3) is 0 Å². The molecule has 0 unspecified atom stereocenters. The number of anilines is 1. The summed E-state index contributed by atoms with van der Waals surface area (Å²) in [6, 6.07) is 10.2. The number of aryl methyl sites for hydroxylation is 1. The summed E-state index contributed by atoms with van der Waals surface area (Å²) >= 11 is 0. The third-order valence-electron chi connectivity index (χ3n) is 5.40. The summed E-state index contributed by atoms with van der Waals surface area (Å²) in [6.45, 7) is 2.50. The first kappa shape index (κ1) is 24.9. The Morgan fingerprint density at radius 2 is 1.73 bits per heavy atom. The molecule has 0 saturated carbocycles. The van der Waals surface area contributed by atoms with Gasteiger partial charge >= 0.3 is 0 Å². The maximum atomic E-state index is 13.2. The number of amides is 1. The fraction of sp³-hybridized carbons (Fsp3) is 0.348. The number of nitrogens with one attached hydrogen (secondary N) is 2. The van der Waals surface area contributed by atoms with Crippen molar-refractivity contribution in [2.24, 2.45) is 0 Å². The number of carbonyl (C=O) groups is 1. The van der Waals surface area contributed by atoms with Crippen LogP contribution in [0.5, 0.6) is 0 Å². The number of terminal acetylenes is 1. The van der Waals surface area contributed by atoms with Crippen molar-refractivity contribution >= 4 is 31.6 Å². The number of carbonyl (C=O) groups excluding carboxylic acids is 1. The molecule has 33 heavy (non-hydrogen) atoms. The van der Waals surface area contributed by atoms with Crippen molar-refractivity contribution in [1.82, 2.24) is 9.03 Å². The Labute approximate surface area is 195 Å². The van der Waals surface area contributed by atoms with E-state index >= 15 is 0 Å². The normalized spacial score (nSPS) is 15.4. The SMILES string of the molecule is C#CCNS(=O)(=O)c1cccc(C(=O)Nc2ccc(C)c(S(=O)(=O)N3CCCCCC3)c2)c1. The van der Waals surface area contributed by atoms with Gasteiger partial charge in [-0.2, -0.15) is 9.03 Å². The summed E-state index contributed by atoms with van der Waals surface area (Å²) in [5.74, 6) is 1.63. The fourth-order valence-corrected chi connectivity index (χ4v) is 6.35. The van der Waals surface area contributed by atoms with Crippen LogP contribution in [0.1, 0.15) is 41.6 Å². The van der Waals surface area contributed by atoms with Crippen molar-refractivity contribution in [1.29, 1.82) is 0 Å². The topological polar surface area (TPSA) is 113 Å². The first-order valence-electron chi connectivity index (χ1n) is 10.6. The van der Waals surface area contributed by atoms with E-state index in [4.69, 9.17) is 6.42 Å². The van der Waals surface area contributed by atoms with Gasteiger partial charge in [-0.1, -0.05) is 30.9 Å². The molecule has 0 atom stereocenters. The van der Waals surface area contributed by atoms with Gasteiger partial charge in [-0.05, 0) is 55.7 Å². The highest BCUT2D eigenvalue weighted by Crippen LogP contribution is 2.26. The molecule has 2 aromatic rings. The van der Waals surface area contributed by atoms with E-state index in [1.165, 1.54) is 34.6 Å². The predicted molar refractivity (Wildman–Crippen MR) is 127 cm³/mol. The first-order valence-corrected chi connectivity index (χ1v) is 13.5. The van der Waals surface area contributed by atoms with Crippen molar-refractivity contribution in [2.75, 3.05) is 25.0 Å². The number of benzene rings is 2. The zero-order valence-electron chi connectivity index (χ0n) is 18.4. The average molecular weight is 490 g/mol. The summed E-state index contributed by atoms with van der Waals surface area (Å²) in [5, 5.41) is 2.67. The molecule has 1 saturated heterocycles. The van der Waals surface area contributed by atoms with Crippen LogP contribution in [0.4, 0.5) is 5.69 Å². The Balaban J connectivity index is 1.84. The molecule has 0 spiro atoms. The highest BCUT2D eigenvalue weighted by atomic mass is 32.2. The molecule has 3 rings (SSSR count). The van der Waals surface area contributed by atoms with E-state index in [-0.39, 0.29) is 21.9 Å². The quantitative estimate of drug-likeness (QED) is 0.581. The number of rotatable bonds is 7. The van der Waals surface area contributed by atoms with Gasteiger partial charge in [0.1, 0.15) is 0 Å². The molecule has 1 fully saturated rings. The van der Waals surface area contributed by atoms with Crippen LogP contribution in [0.3, 0.4) is 0 Å². The second-order valence-corrected chi connectivity index (χ2v) is 11.5. The van der Waals surface area contributed by atoms with Crippen LogP contribution in [-0.4, -0.2) is 46.7 Å². The molecule has 0 aliphatic carbocycles. The van der Waals surface area contributed by atoms with Crippen LogP contribution in [0.2, 0.25) is 0 Å². The van der Waals surface area contributed by atoms with E-state index in [9.17, 15) is 21.6 Å². The summed E-state index contributed by atoms with van der Waals surface area (Å²) in [4.78, 5) is 12.8. The zero-order valence-corrected chi connectivity index (χ0v) is 20.0. The highest BCUT2D eigenvalue weighted by molar-refractivity contribution is 7.89. The van der Waals surface area contributed by atoms with E-state index in [0.717, 1.165) is 25.7 Å². The van der Waals surface area contributed by atoms with E-state index < -0.39 is 26.0 Å². The molecule has 1 aliphatic rings. The summed E-state index contributed by atoms with van der Waals surface area (Å²) < 4.78 is 54.8. The molecule has 1 heterocycles. The standard InChI is InChI=1S/C23H27N3O5S2/c1-3-13-24-32(28,29)21-10-8-9-19(16-21)23(27)25-20-12-11-18(2)22(17-20)33(30,31)26-14-6-4-5-7-15-26/h1,8-12,16-17,24H,4-7,13-15H2,2H3,(H,25,27). The largest absolute Gasteiger partial charge is 0.322 e. The van der Waals surface area contributed by atoms with E-state index in [1.54, 1.807) is 19.1 Å². The summed E-state index contributed by atoms with van der Waals surface area (Å²) in [7, 11) is -7.55. The van der Waals surface area contributed by atoms with Crippen LogP contribution in [0.15, 0.2) is 52.3 Å². The Kier molecular flexibility index (Phi) is 7.92. The highest BCUT2D eigenvalue weighted by Gasteiger charge is 2.27. The molecule has 1 amide bonds. The number of hydrogen-bond acceptors (Lipinski definition) is 5. The number of hydrogen-bond donors (Lipinski definition) is 2. The Bertz CT molecular complexity index is 1270. The smallest absolute Gasteiger partial charge is 0.255 e. The number of sulfonamides is 2. The minimum absolute atomic E-state index is 0.0984. The Hall–Kier alpha value is -2.71. The van der Waals surface area contributed by atoms with Crippen molar-refractivity contribution < 1.29 is 21.6 Å². The second kappa shape index (κ2) is 10.5. The van der Waals surface area contributed by atoms with Gasteiger partial charge in [0.2, 0.25) is 20.0 Å². The van der Waals surface area contributed by atoms with Crippen molar-refractivity contribution in [3.8, 4) is 12.3 Å².